The van der Waals surface area contributed by atoms with E-state index in [1.54, 1.807) is 0 Å². The molecule has 1 fully saturated rings. The maximum atomic E-state index is 11.7. The molecule has 1 saturated heterocycles. The van der Waals surface area contributed by atoms with Crippen molar-refractivity contribution < 1.29 is 33.3 Å². The molecule has 4 heterocycles. The van der Waals surface area contributed by atoms with Crippen LogP contribution in [0.5, 0.6) is 0 Å². The number of carbonyl (C=O) groups excluding carboxylic acids is 3. The maximum Gasteiger partial charge on any atom is 0.303 e. The lowest BCUT2D eigenvalue weighted by Crippen LogP contribution is -2.40. The van der Waals surface area contributed by atoms with Gasteiger partial charge in [0.15, 0.2) is 29.7 Å². The zero-order chi connectivity index (χ0) is 21.4. The summed E-state index contributed by atoms with van der Waals surface area (Å²) in [5.74, 6) is -1.78. The van der Waals surface area contributed by atoms with E-state index in [0.29, 0.717) is 16.7 Å². The summed E-state index contributed by atoms with van der Waals surface area (Å²) < 4.78 is 24.5. The van der Waals surface area contributed by atoms with Gasteiger partial charge in [-0.3, -0.25) is 14.4 Å². The molecule has 14 heteroatoms. The molecule has 0 amide bonds. The molecule has 4 unspecified atom stereocenters. The van der Waals surface area contributed by atoms with Gasteiger partial charge in [0.05, 0.1) is 11.6 Å². The highest BCUT2D eigenvalue weighted by Crippen LogP contribution is 2.35. The SMILES string of the molecule is CC(=O)OCC1OC(n2ncc3c2ncn2nnnc32)C(OC(C)=O)C1OC(C)=O. The van der Waals surface area contributed by atoms with Gasteiger partial charge >= 0.3 is 17.9 Å². The van der Waals surface area contributed by atoms with Crippen LogP contribution in [0.25, 0.3) is 16.7 Å². The fourth-order valence-corrected chi connectivity index (χ4v) is 3.28. The lowest BCUT2D eigenvalue weighted by Gasteiger charge is -2.23. The van der Waals surface area contributed by atoms with Gasteiger partial charge in [-0.2, -0.15) is 9.61 Å². The Labute approximate surface area is 168 Å². The predicted octanol–water partition coefficient (Wildman–Crippen LogP) is -0.807. The standard InChI is InChI=1S/C16H17N7O7/c1-7(24)27-5-11-12(28-8(2)25)13(29-9(3)26)16(30-11)23-14-10(4-18-23)15-19-20-21-22(15)6-17-14/h4,6,11-13,16H,5H2,1-3H3. The number of aromatic nitrogens is 7. The molecule has 0 radical (unpaired) electrons. The Morgan fingerprint density at radius 3 is 2.50 bits per heavy atom. The average Bonchev–Trinajstić information content (AvgIpc) is 3.36. The van der Waals surface area contributed by atoms with Crippen LogP contribution in [0.2, 0.25) is 0 Å². The molecule has 0 bridgehead atoms. The van der Waals surface area contributed by atoms with Gasteiger partial charge in [-0.25, -0.2) is 9.67 Å². The van der Waals surface area contributed by atoms with E-state index in [4.69, 9.17) is 18.9 Å². The van der Waals surface area contributed by atoms with Crippen molar-refractivity contribution in [1.29, 1.82) is 0 Å². The zero-order valence-corrected chi connectivity index (χ0v) is 16.2. The maximum absolute atomic E-state index is 11.7. The van der Waals surface area contributed by atoms with Crippen molar-refractivity contribution >= 4 is 34.6 Å². The third-order valence-corrected chi connectivity index (χ3v) is 4.37. The Hall–Kier alpha value is -3.68. The Kier molecular flexibility index (Phi) is 4.99. The fourth-order valence-electron chi connectivity index (χ4n) is 3.28. The molecule has 158 valence electrons. The molecule has 1 aliphatic heterocycles. The second-order valence-electron chi connectivity index (χ2n) is 6.53. The summed E-state index contributed by atoms with van der Waals surface area (Å²) in [6.07, 6.45) is -1.13. The Morgan fingerprint density at radius 2 is 1.80 bits per heavy atom. The van der Waals surface area contributed by atoms with E-state index in [2.05, 4.69) is 25.6 Å². The van der Waals surface area contributed by atoms with Gasteiger partial charge in [-0.05, 0) is 10.4 Å². The molecule has 1 aliphatic rings. The van der Waals surface area contributed by atoms with E-state index in [1.807, 2.05) is 0 Å². The van der Waals surface area contributed by atoms with E-state index in [0.717, 1.165) is 0 Å². The van der Waals surface area contributed by atoms with Gasteiger partial charge < -0.3 is 18.9 Å². The summed E-state index contributed by atoms with van der Waals surface area (Å²) >= 11 is 0. The van der Waals surface area contributed by atoms with E-state index in [-0.39, 0.29) is 6.61 Å². The van der Waals surface area contributed by atoms with Crippen LogP contribution < -0.4 is 0 Å². The number of esters is 3. The number of nitrogens with zero attached hydrogens (tertiary/aromatic N) is 7. The van der Waals surface area contributed by atoms with Crippen molar-refractivity contribution in [3.63, 3.8) is 0 Å². The van der Waals surface area contributed by atoms with E-state index in [9.17, 15) is 14.4 Å². The second kappa shape index (κ2) is 7.62. The molecule has 0 saturated carbocycles. The van der Waals surface area contributed by atoms with Crippen LogP contribution >= 0.6 is 0 Å². The molecule has 3 aromatic rings. The van der Waals surface area contributed by atoms with Gasteiger partial charge in [-0.15, -0.1) is 5.10 Å². The minimum Gasteiger partial charge on any atom is -0.463 e. The molecule has 3 aromatic heterocycles. The normalized spacial score (nSPS) is 23.6. The molecule has 0 aliphatic carbocycles. The lowest BCUT2D eigenvalue weighted by molar-refractivity contribution is -0.166. The number of rotatable bonds is 5. The highest BCUT2D eigenvalue weighted by atomic mass is 16.7. The molecular weight excluding hydrogens is 402 g/mol. The van der Waals surface area contributed by atoms with Crippen LogP contribution in [0.15, 0.2) is 12.5 Å². The van der Waals surface area contributed by atoms with Crippen molar-refractivity contribution in [3.05, 3.63) is 12.5 Å². The molecular formula is C16H17N7O7. The van der Waals surface area contributed by atoms with Crippen LogP contribution in [-0.4, -0.2) is 77.6 Å². The van der Waals surface area contributed by atoms with Crippen LogP contribution in [0, 0.1) is 0 Å². The summed E-state index contributed by atoms with van der Waals surface area (Å²) in [6.45, 7) is 3.44. The van der Waals surface area contributed by atoms with Crippen LogP contribution in [0.1, 0.15) is 27.0 Å². The summed E-state index contributed by atoms with van der Waals surface area (Å²) in [4.78, 5) is 38.9. The van der Waals surface area contributed by atoms with Gasteiger partial charge in [0.2, 0.25) is 0 Å². The summed E-state index contributed by atoms with van der Waals surface area (Å²) in [5.41, 5.74) is 0.774. The monoisotopic (exact) mass is 419 g/mol. The predicted molar refractivity (Wildman–Crippen MR) is 93.5 cm³/mol. The first-order valence-corrected chi connectivity index (χ1v) is 8.88. The van der Waals surface area contributed by atoms with Crippen molar-refractivity contribution in [1.82, 2.24) is 34.8 Å². The van der Waals surface area contributed by atoms with Crippen molar-refractivity contribution in [2.75, 3.05) is 6.61 Å². The summed E-state index contributed by atoms with van der Waals surface area (Å²) in [5, 5.41) is 16.1. The topological polar surface area (TPSA) is 162 Å². The van der Waals surface area contributed by atoms with Crippen LogP contribution in [-0.2, 0) is 33.3 Å². The molecule has 4 atom stereocenters. The Balaban J connectivity index is 1.75. The minimum absolute atomic E-state index is 0.216. The van der Waals surface area contributed by atoms with E-state index >= 15 is 0 Å². The number of tetrazole rings is 1. The summed E-state index contributed by atoms with van der Waals surface area (Å²) in [7, 11) is 0. The summed E-state index contributed by atoms with van der Waals surface area (Å²) in [6, 6.07) is 0. The zero-order valence-electron chi connectivity index (χ0n) is 16.2. The number of ether oxygens (including phenoxy) is 4. The van der Waals surface area contributed by atoms with Gasteiger partial charge in [-0.1, -0.05) is 0 Å². The molecule has 0 N–H and O–H groups in total. The highest BCUT2D eigenvalue weighted by molar-refractivity contribution is 5.88. The Bertz CT molecular complexity index is 1130. The lowest BCUT2D eigenvalue weighted by atomic mass is 10.1. The van der Waals surface area contributed by atoms with Crippen molar-refractivity contribution in [2.24, 2.45) is 0 Å². The molecule has 30 heavy (non-hydrogen) atoms. The molecule has 0 aromatic carbocycles. The first kappa shape index (κ1) is 19.6. The van der Waals surface area contributed by atoms with E-state index in [1.165, 1.54) is 42.5 Å². The van der Waals surface area contributed by atoms with Gasteiger partial charge in [0.25, 0.3) is 0 Å². The first-order valence-electron chi connectivity index (χ1n) is 8.88. The van der Waals surface area contributed by atoms with Crippen molar-refractivity contribution in [3.8, 4) is 0 Å². The Morgan fingerprint density at radius 1 is 1.07 bits per heavy atom. The highest BCUT2D eigenvalue weighted by Gasteiger charge is 2.51. The third-order valence-electron chi connectivity index (χ3n) is 4.37. The number of hydrogen-bond donors (Lipinski definition) is 0. The van der Waals surface area contributed by atoms with Gasteiger partial charge in [0.1, 0.15) is 19.0 Å². The van der Waals surface area contributed by atoms with Gasteiger partial charge in [0, 0.05) is 20.8 Å². The largest absolute Gasteiger partial charge is 0.463 e. The molecule has 4 rings (SSSR count). The number of hydrogen-bond acceptors (Lipinski definition) is 12. The second-order valence-corrected chi connectivity index (χ2v) is 6.53. The van der Waals surface area contributed by atoms with Crippen LogP contribution in [0.4, 0.5) is 0 Å². The minimum atomic E-state index is -1.07. The first-order chi connectivity index (χ1) is 14.3. The molecule has 0 spiro atoms. The quantitative estimate of drug-likeness (QED) is 0.374. The fraction of sp³-hybridized carbons (Fsp3) is 0.500. The van der Waals surface area contributed by atoms with Crippen LogP contribution in [0.3, 0.4) is 0 Å². The smallest absolute Gasteiger partial charge is 0.303 e. The van der Waals surface area contributed by atoms with E-state index < -0.39 is 42.4 Å². The number of fused-ring (bicyclic) bond motifs is 3. The third kappa shape index (κ3) is 3.52. The average molecular weight is 419 g/mol. The van der Waals surface area contributed by atoms with Crippen molar-refractivity contribution in [2.45, 2.75) is 45.3 Å². The number of carbonyl (C=O) groups is 3. The molecule has 14 nitrogen and oxygen atoms in total.